The van der Waals surface area contributed by atoms with Crippen LogP contribution in [0.2, 0.25) is 0 Å². The predicted octanol–water partition coefficient (Wildman–Crippen LogP) is -2.08. The van der Waals surface area contributed by atoms with E-state index in [9.17, 15) is 48.5 Å². The third-order valence-electron chi connectivity index (χ3n) is 24.6. The second-order valence-corrected chi connectivity index (χ2v) is 53.1. The predicted molar refractivity (Wildman–Crippen MR) is 535 cm³/mol. The van der Waals surface area contributed by atoms with E-state index in [1.807, 2.05) is 0 Å². The third-order valence-corrected chi connectivity index (χ3v) is 35.9. The third kappa shape index (κ3) is 23.2. The zero-order valence-corrected chi connectivity index (χ0v) is 86.3. The summed E-state index contributed by atoms with van der Waals surface area (Å²) in [7, 11) is 0.129. The van der Waals surface area contributed by atoms with Crippen LogP contribution in [0.25, 0.3) is 55.8 Å². The van der Waals surface area contributed by atoms with E-state index in [1.54, 1.807) is 18.3 Å². The molecule has 6 unspecified atom stereocenters. The van der Waals surface area contributed by atoms with Gasteiger partial charge >= 0.3 is 11.4 Å². The van der Waals surface area contributed by atoms with Gasteiger partial charge in [0.05, 0.1) is 115 Å². The van der Waals surface area contributed by atoms with E-state index in [0.717, 1.165) is 4.57 Å². The van der Waals surface area contributed by atoms with Gasteiger partial charge in [-0.15, -0.1) is 0 Å². The van der Waals surface area contributed by atoms with Gasteiger partial charge in [-0.2, -0.15) is 9.97 Å². The molecule has 0 spiro atoms. The van der Waals surface area contributed by atoms with Gasteiger partial charge in [0.15, 0.2) is 57.0 Å². The van der Waals surface area contributed by atoms with E-state index >= 15 is 0 Å². The number of imidazole rings is 5. The quantitative estimate of drug-likeness (QED) is 0.0183. The SMILES string of the molecule is Cc1cn([C@H]2C[C@@H](NP(O)(=S)OC[C@H]3O[C@@H](n4cnc5c(N)ncnc54)C[C@H]3NP(O)(=S)OC[C@H]3O[C@@H](n4cnc5c(=O)[nH]c(N)nc54)C[C@H]3NP(O)(=S)OC[C@H]3O[C@@H](n4cnc5c(N)ncnc54)C[C@H]3NP(O)(=S)OC[C@H]3O[C@@H](n4ccc(N)nc4=O)C[C@H]3NP(O)(=S)OC[C@H]3O[C@@H](n4cnc5c(N)ncnc54)C[C@H]3NP(O)(=S)OC[C@H]3O[C@@H](n4cnc5c(N)ncnc54)C[C@H]3N)[C@@H](COP=S)O2)c(=O)[nH]c1=O. The summed E-state index contributed by atoms with van der Waals surface area (Å²) in [6.07, 6.45) is 0.425. The maximum absolute atomic E-state index is 13.6. The van der Waals surface area contributed by atoms with Crippen LogP contribution in [0.1, 0.15) is 94.1 Å². The number of nitrogens with two attached hydrogens (primary N) is 7. The van der Waals surface area contributed by atoms with E-state index < -0.39 is 224 Å². The van der Waals surface area contributed by atoms with Gasteiger partial charge in [-0.25, -0.2) is 105 Å². The highest BCUT2D eigenvalue weighted by Crippen LogP contribution is 2.53. The summed E-state index contributed by atoms with van der Waals surface area (Å²) in [6.45, 7) is -27.1. The van der Waals surface area contributed by atoms with Gasteiger partial charge in [0.1, 0.15) is 110 Å². The summed E-state index contributed by atoms with van der Waals surface area (Å²) in [4.78, 5) is 194. The van der Waals surface area contributed by atoms with Gasteiger partial charge in [0.25, 0.3) is 51.0 Å². The number of anilines is 6. The lowest BCUT2D eigenvalue weighted by Crippen LogP contribution is -2.41. The minimum atomic E-state index is -4.39. The van der Waals surface area contributed by atoms with Crippen molar-refractivity contribution < 1.29 is 94.2 Å². The molecule has 61 nitrogen and oxygen atoms in total. The van der Waals surface area contributed by atoms with E-state index in [-0.39, 0.29) is 139 Å². The highest BCUT2D eigenvalue weighted by molar-refractivity contribution is 8.10. The number of nitrogens with one attached hydrogen (secondary N) is 8. The molecule has 19 heterocycles. The van der Waals surface area contributed by atoms with Crippen LogP contribution in [-0.4, -0.2) is 277 Å². The summed E-state index contributed by atoms with van der Waals surface area (Å²) in [5.74, 6) is 0.000823. The Bertz CT molecular complexity index is 7450. The first-order chi connectivity index (χ1) is 68.5. The van der Waals surface area contributed by atoms with Crippen LogP contribution in [0, 0.1) is 6.92 Å². The Morgan fingerprint density at radius 1 is 0.382 bits per heavy atom. The number of aromatic amines is 2. The number of nitrogen functional groups attached to an aromatic ring is 6. The van der Waals surface area contributed by atoms with Crippen molar-refractivity contribution in [3.63, 3.8) is 0 Å². The molecule has 0 bridgehead atoms. The van der Waals surface area contributed by atoms with Crippen molar-refractivity contribution in [1.29, 1.82) is 0 Å². The molecule has 12 aromatic heterocycles. The van der Waals surface area contributed by atoms with Crippen LogP contribution in [0.15, 0.2) is 94.6 Å². The fourth-order valence-electron chi connectivity index (χ4n) is 17.8. The Kier molecular flexibility index (Phi) is 31.0. The second-order valence-electron chi connectivity index (χ2n) is 34.0. The lowest BCUT2D eigenvalue weighted by atomic mass is 10.1. The Labute approximate surface area is 846 Å². The van der Waals surface area contributed by atoms with Crippen molar-refractivity contribution in [1.82, 2.24) is 147 Å². The minimum Gasteiger partial charge on any atom is -0.383 e. The topological polar surface area (TPSA) is 833 Å². The number of fused-ring (bicyclic) bond motifs is 5. The van der Waals surface area contributed by atoms with Crippen LogP contribution >= 0.6 is 47.4 Å². The zero-order valence-electron chi connectivity index (χ0n) is 74.4. The van der Waals surface area contributed by atoms with E-state index in [0.29, 0.717) is 23.2 Å². The molecule has 7 fully saturated rings. The summed E-state index contributed by atoms with van der Waals surface area (Å²) in [5.41, 5.74) is 42.9. The first-order valence-electron chi connectivity index (χ1n) is 43.4. The molecule has 144 heavy (non-hydrogen) atoms. The molecule has 0 aromatic carbocycles. The largest absolute Gasteiger partial charge is 0.383 e. The minimum absolute atomic E-state index is 0.00631. The van der Waals surface area contributed by atoms with Crippen molar-refractivity contribution in [3.8, 4) is 0 Å². The number of hydrogen-bond donors (Lipinski definition) is 21. The number of hydrogen-bond acceptors (Lipinski definition) is 47. The van der Waals surface area contributed by atoms with Crippen molar-refractivity contribution in [2.45, 2.75) is 180 Å². The summed E-state index contributed by atoms with van der Waals surface area (Å²) in [6, 6.07) is -5.28. The van der Waals surface area contributed by atoms with Gasteiger partial charge in [-0.3, -0.25) is 51.5 Å². The Hall–Kier alpha value is -7.75. The lowest BCUT2D eigenvalue weighted by molar-refractivity contribution is -0.0260. The molecule has 0 saturated carbocycles. The number of aromatic nitrogens is 24. The molecular weight excluding hydrogens is 2170 g/mol. The van der Waals surface area contributed by atoms with Crippen molar-refractivity contribution in [3.05, 3.63) is 123 Å². The monoisotopic (exact) mass is 2260 g/mol. The first-order valence-corrected chi connectivity index (χ1v) is 61.3. The fourth-order valence-corrected chi connectivity index (χ4v) is 28.4. The van der Waals surface area contributed by atoms with E-state index in [4.69, 9.17) is 188 Å². The number of rotatable bonds is 40. The highest BCUT2D eigenvalue weighted by Gasteiger charge is 2.50. The molecule has 0 aliphatic carbocycles. The number of ether oxygens (including phenoxy) is 7. The molecule has 774 valence electrons. The van der Waals surface area contributed by atoms with Gasteiger partial charge in [0.2, 0.25) is 5.95 Å². The van der Waals surface area contributed by atoms with Crippen LogP contribution < -0.4 is 93.2 Å². The molecular formula is C69H92N37O24P7S7. The highest BCUT2D eigenvalue weighted by atomic mass is 32.5. The fraction of sp³-hybridized carbons (Fsp3) is 0.522. The molecule has 12 aromatic rings. The van der Waals surface area contributed by atoms with Crippen LogP contribution in [-0.2, 0) is 147 Å². The normalized spacial score (nSPS) is 29.4. The van der Waals surface area contributed by atoms with Crippen molar-refractivity contribution in [2.24, 2.45) is 5.73 Å². The average molecular weight is 2270 g/mol. The molecule has 19 rings (SSSR count). The van der Waals surface area contributed by atoms with Gasteiger partial charge in [0, 0.05) is 105 Å². The maximum atomic E-state index is 13.6. The molecule has 7 saturated heterocycles. The summed E-state index contributed by atoms with van der Waals surface area (Å²) < 4.78 is 98.5. The smallest absolute Gasteiger partial charge is 0.351 e. The van der Waals surface area contributed by atoms with Gasteiger partial charge in [-0.05, 0) is 95.6 Å². The van der Waals surface area contributed by atoms with Crippen molar-refractivity contribution >= 4 is 221 Å². The number of nitrogens with zero attached hydrogens (tertiary/aromatic N) is 22. The van der Waals surface area contributed by atoms with E-state index in [1.165, 1.54) is 91.5 Å². The Balaban J connectivity index is 0.537. The standard InChI is InChI=1S/C69H92N37O24P7S7/c1-28-11-101(69(110)93-65(28)107)46-6-30(37(125-46)12-117-131-138)94-133(112,140)120-15-40-33(8-48(128-40)104-25-87-53-58(74)79-21-83-62(53)104)98-136(115,143)123-18-42-35(10-50(130-42)106-27-89-55-64(106)91-67(76)92-66(55)108)99-137(116,144)122-17-41-34(9-49(129-41)105-26-88-54-59(75)80-22-84-63(54)105)97-135(114,142)119-14-38-31(5-45(126-38)100-3-2-43(71)90-68(100)109)95-134(113,141)121-16-39-32(7-47(127-39)103-24-86-52-57(73)78-20-82-61(52)103)96-132(111,139)118-13-36-29(70)4-44(124-36)102-23-85-51-56(72)77-19-81-60(51)102/h2-3,11,19-27,29-42,44-50H,4-10,12-18,70H2,1H3,(H2,71,90,109)(H2,72,77,81)(H2,73,78,82)(H2,74,79,83)(H2,75,80,84)(H,93,107,110)(H2,94,112,140)(H2,95,113,141)(H2,96,111,139)(H2,97,114,142)(H2,98,115,143)(H2,99,116,144)(H3,76,91,92,108)/t29-,30-,31-,32-,33-,34-,35-,36-,37-,38-,39-,40-,41-,42-,44-,45-,46-,47-,48-,49-,50-,132?,133?,134?,135?,136?,137?/m1/s1. The lowest BCUT2D eigenvalue weighted by Gasteiger charge is -2.30. The summed E-state index contributed by atoms with van der Waals surface area (Å²) >= 11 is 40.1. The van der Waals surface area contributed by atoms with Crippen LogP contribution in [0.3, 0.4) is 0 Å². The molecule has 75 heteroatoms. The Morgan fingerprint density at radius 2 is 0.674 bits per heavy atom. The van der Waals surface area contributed by atoms with Gasteiger partial charge < -0.3 is 134 Å². The molecule has 0 radical (unpaired) electrons. The number of aryl methyl sites for hydroxylation is 1. The average Bonchev–Trinajstić information content (AvgIpc) is 1.64. The van der Waals surface area contributed by atoms with Gasteiger partial charge in [-0.1, -0.05) is 0 Å². The first kappa shape index (κ1) is 105. The van der Waals surface area contributed by atoms with E-state index in [2.05, 4.69) is 115 Å². The molecule has 7 aliphatic heterocycles. The maximum Gasteiger partial charge on any atom is 0.351 e. The van der Waals surface area contributed by atoms with Crippen LogP contribution in [0.4, 0.5) is 35.0 Å². The number of H-pyrrole nitrogens is 2. The van der Waals surface area contributed by atoms with Crippen molar-refractivity contribution in [2.75, 3.05) is 80.7 Å². The van der Waals surface area contributed by atoms with Crippen LogP contribution in [0.5, 0.6) is 0 Å². The molecule has 27 atom stereocenters. The molecule has 28 N–H and O–H groups in total. The second kappa shape index (κ2) is 42.6. The molecule has 7 aliphatic rings. The Morgan fingerprint density at radius 3 is 1.01 bits per heavy atom. The zero-order chi connectivity index (χ0) is 102. The summed E-state index contributed by atoms with van der Waals surface area (Å²) in [5, 5.41) is 18.1. The molecule has 0 amide bonds.